The molecule has 1 N–H and O–H groups in total. The fraction of sp³-hybridized carbons (Fsp3) is 0. The van der Waals surface area contributed by atoms with E-state index in [1.165, 1.54) is 30.3 Å². The normalized spacial score (nSPS) is 10.8. The van der Waals surface area contributed by atoms with Crippen LogP contribution in [0.2, 0.25) is 0 Å². The number of nitriles is 1. The largest absolute Gasteiger partial charge is 0.320 e. The summed E-state index contributed by atoms with van der Waals surface area (Å²) in [6.45, 7) is 0. The average Bonchev–Trinajstić information content (AvgIpc) is 2.49. The Bertz CT molecular complexity index is 733. The van der Waals surface area contributed by atoms with Gasteiger partial charge >= 0.3 is 0 Å². The monoisotopic (exact) mass is 392 g/mol. The van der Waals surface area contributed by atoms with Crippen molar-refractivity contribution in [2.75, 3.05) is 5.32 Å². The molecule has 1 amide bonds. The molecule has 0 fully saturated rings. The zero-order valence-electron chi connectivity index (χ0n) is 10.8. The molecule has 0 aliphatic rings. The third kappa shape index (κ3) is 4.13. The van der Waals surface area contributed by atoms with Crippen LogP contribution in [0.5, 0.6) is 0 Å². The molecule has 2 aromatic carbocycles. The number of para-hydroxylation sites is 1. The molecule has 0 unspecified atom stereocenters. The molecule has 2 rings (SSSR count). The number of carbonyl (C=O) groups excluding carboxylic acids is 1. The van der Waals surface area contributed by atoms with E-state index in [-0.39, 0.29) is 11.4 Å². The van der Waals surface area contributed by atoms with Crippen molar-refractivity contribution in [1.29, 1.82) is 5.26 Å². The van der Waals surface area contributed by atoms with E-state index < -0.39 is 5.91 Å². The molecule has 0 aromatic heterocycles. The topological polar surface area (TPSA) is 52.9 Å². The quantitative estimate of drug-likeness (QED) is 0.488. The minimum atomic E-state index is -0.494. The molecule has 104 valence electrons. The van der Waals surface area contributed by atoms with Crippen molar-refractivity contribution in [3.63, 3.8) is 0 Å². The Morgan fingerprint density at radius 2 is 1.86 bits per heavy atom. The van der Waals surface area contributed by atoms with Crippen LogP contribution in [0.4, 0.5) is 10.1 Å². The molecule has 0 saturated carbocycles. The van der Waals surface area contributed by atoms with Crippen LogP contribution in [0, 0.1) is 20.7 Å². The summed E-state index contributed by atoms with van der Waals surface area (Å²) in [5.74, 6) is -0.861. The number of hydrogen-bond acceptors (Lipinski definition) is 2. The van der Waals surface area contributed by atoms with Gasteiger partial charge in [-0.2, -0.15) is 5.26 Å². The van der Waals surface area contributed by atoms with Gasteiger partial charge in [-0.25, -0.2) is 4.39 Å². The molecular formula is C16H10FIN2O. The van der Waals surface area contributed by atoms with Crippen LogP contribution >= 0.6 is 22.6 Å². The van der Waals surface area contributed by atoms with E-state index in [2.05, 4.69) is 27.9 Å². The van der Waals surface area contributed by atoms with Gasteiger partial charge in [-0.3, -0.25) is 4.79 Å². The smallest absolute Gasteiger partial charge is 0.266 e. The highest BCUT2D eigenvalue weighted by atomic mass is 127. The lowest BCUT2D eigenvalue weighted by Crippen LogP contribution is -2.14. The number of nitrogens with zero attached hydrogens (tertiary/aromatic N) is 1. The van der Waals surface area contributed by atoms with Crippen molar-refractivity contribution >= 4 is 40.3 Å². The van der Waals surface area contributed by atoms with Gasteiger partial charge in [0.05, 0.1) is 5.69 Å². The summed E-state index contributed by atoms with van der Waals surface area (Å²) in [5, 5.41) is 11.8. The van der Waals surface area contributed by atoms with Gasteiger partial charge in [0.25, 0.3) is 5.91 Å². The predicted octanol–water partition coefficient (Wildman–Crippen LogP) is 3.98. The standard InChI is InChI=1S/C16H10FIN2O/c17-13-7-5-11(6-8-13)9-12(10-19)16(21)20-15-4-2-1-3-14(15)18/h1-9H,(H,20,21)/b12-9-. The molecule has 21 heavy (non-hydrogen) atoms. The van der Waals surface area contributed by atoms with Gasteiger partial charge in [-0.05, 0) is 58.5 Å². The van der Waals surface area contributed by atoms with Crippen molar-refractivity contribution in [3.8, 4) is 6.07 Å². The summed E-state index contributed by atoms with van der Waals surface area (Å²) in [4.78, 5) is 12.1. The Labute approximate surface area is 135 Å². The minimum absolute atomic E-state index is 0.0405. The molecule has 0 aliphatic heterocycles. The number of amides is 1. The molecule has 0 radical (unpaired) electrons. The number of halogens is 2. The third-order valence-electron chi connectivity index (χ3n) is 2.67. The first-order valence-electron chi connectivity index (χ1n) is 6.03. The van der Waals surface area contributed by atoms with Crippen molar-refractivity contribution in [2.24, 2.45) is 0 Å². The van der Waals surface area contributed by atoms with Gasteiger partial charge in [0.1, 0.15) is 17.5 Å². The van der Waals surface area contributed by atoms with Gasteiger partial charge in [0.2, 0.25) is 0 Å². The van der Waals surface area contributed by atoms with Crippen LogP contribution in [-0.4, -0.2) is 5.91 Å². The van der Waals surface area contributed by atoms with E-state index in [1.807, 2.05) is 18.2 Å². The molecule has 5 heteroatoms. The SMILES string of the molecule is N#C/C(=C/c1ccc(F)cc1)C(=O)Nc1ccccc1I. The third-order valence-corrected chi connectivity index (χ3v) is 3.61. The lowest BCUT2D eigenvalue weighted by atomic mass is 10.1. The van der Waals surface area contributed by atoms with Crippen molar-refractivity contribution in [3.05, 3.63) is 69.1 Å². The average molecular weight is 392 g/mol. The first kappa shape index (κ1) is 15.2. The fourth-order valence-electron chi connectivity index (χ4n) is 1.63. The van der Waals surface area contributed by atoms with Gasteiger partial charge in [0.15, 0.2) is 0 Å². The second kappa shape index (κ2) is 6.99. The maximum absolute atomic E-state index is 12.8. The maximum Gasteiger partial charge on any atom is 0.266 e. The van der Waals surface area contributed by atoms with Crippen LogP contribution in [0.3, 0.4) is 0 Å². The molecule has 0 atom stereocenters. The second-order valence-corrected chi connectivity index (χ2v) is 5.32. The Balaban J connectivity index is 2.21. The van der Waals surface area contributed by atoms with Crippen LogP contribution in [0.25, 0.3) is 6.08 Å². The number of nitrogens with one attached hydrogen (secondary N) is 1. The number of anilines is 1. The Morgan fingerprint density at radius 3 is 2.48 bits per heavy atom. The van der Waals surface area contributed by atoms with E-state index in [0.717, 1.165) is 3.57 Å². The highest BCUT2D eigenvalue weighted by molar-refractivity contribution is 14.1. The summed E-state index contributed by atoms with van der Waals surface area (Å²) in [5.41, 5.74) is 1.19. The first-order chi connectivity index (χ1) is 10.1. The molecule has 3 nitrogen and oxygen atoms in total. The summed E-state index contributed by atoms with van der Waals surface area (Å²) in [6.07, 6.45) is 1.42. The number of carbonyl (C=O) groups is 1. The van der Waals surface area contributed by atoms with E-state index in [1.54, 1.807) is 12.1 Å². The zero-order chi connectivity index (χ0) is 15.2. The van der Waals surface area contributed by atoms with Crippen LogP contribution < -0.4 is 5.32 Å². The van der Waals surface area contributed by atoms with E-state index in [4.69, 9.17) is 5.26 Å². The first-order valence-corrected chi connectivity index (χ1v) is 7.11. The summed E-state index contributed by atoms with van der Waals surface area (Å²) < 4.78 is 13.7. The number of benzene rings is 2. The summed E-state index contributed by atoms with van der Waals surface area (Å²) >= 11 is 2.10. The van der Waals surface area contributed by atoms with Crippen molar-refractivity contribution in [1.82, 2.24) is 0 Å². The van der Waals surface area contributed by atoms with Gasteiger partial charge in [-0.15, -0.1) is 0 Å². The van der Waals surface area contributed by atoms with Crippen molar-refractivity contribution < 1.29 is 9.18 Å². The summed E-state index contributed by atoms with van der Waals surface area (Å²) in [7, 11) is 0. The number of rotatable bonds is 3. The fourth-order valence-corrected chi connectivity index (χ4v) is 2.15. The van der Waals surface area contributed by atoms with E-state index in [0.29, 0.717) is 11.3 Å². The molecule has 0 aliphatic carbocycles. The lowest BCUT2D eigenvalue weighted by molar-refractivity contribution is -0.112. The van der Waals surface area contributed by atoms with Gasteiger partial charge in [0, 0.05) is 3.57 Å². The molecule has 0 bridgehead atoms. The Hall–Kier alpha value is -2.20. The molecule has 0 saturated heterocycles. The Morgan fingerprint density at radius 1 is 1.19 bits per heavy atom. The second-order valence-electron chi connectivity index (χ2n) is 4.16. The number of hydrogen-bond donors (Lipinski definition) is 1. The minimum Gasteiger partial charge on any atom is -0.320 e. The predicted molar refractivity (Wildman–Crippen MR) is 87.8 cm³/mol. The molecule has 2 aromatic rings. The zero-order valence-corrected chi connectivity index (χ0v) is 13.0. The van der Waals surface area contributed by atoms with Gasteiger partial charge < -0.3 is 5.32 Å². The highest BCUT2D eigenvalue weighted by Gasteiger charge is 2.10. The highest BCUT2D eigenvalue weighted by Crippen LogP contribution is 2.18. The van der Waals surface area contributed by atoms with E-state index in [9.17, 15) is 9.18 Å². The van der Waals surface area contributed by atoms with Gasteiger partial charge in [-0.1, -0.05) is 24.3 Å². The lowest BCUT2D eigenvalue weighted by Gasteiger charge is -2.06. The Kier molecular flexibility index (Phi) is 5.06. The van der Waals surface area contributed by atoms with Crippen LogP contribution in [-0.2, 0) is 4.79 Å². The molecular weight excluding hydrogens is 382 g/mol. The van der Waals surface area contributed by atoms with Crippen LogP contribution in [0.15, 0.2) is 54.1 Å². The van der Waals surface area contributed by atoms with E-state index >= 15 is 0 Å². The van der Waals surface area contributed by atoms with Crippen LogP contribution in [0.1, 0.15) is 5.56 Å². The molecule has 0 spiro atoms. The van der Waals surface area contributed by atoms with Crippen molar-refractivity contribution in [2.45, 2.75) is 0 Å². The maximum atomic E-state index is 12.8. The summed E-state index contributed by atoms with van der Waals surface area (Å²) in [6, 6.07) is 14.7. The molecule has 0 heterocycles.